The zero-order valence-electron chi connectivity index (χ0n) is 13.4. The van der Waals surface area contributed by atoms with Crippen molar-refractivity contribution >= 4 is 40.7 Å². The molecular weight excluding hydrogens is 347 g/mol. The molecule has 0 radical (unpaired) electrons. The van der Waals surface area contributed by atoms with Crippen molar-refractivity contribution in [2.45, 2.75) is 26.2 Å². The van der Waals surface area contributed by atoms with Crippen molar-refractivity contribution < 1.29 is 4.79 Å². The molecule has 2 heterocycles. The van der Waals surface area contributed by atoms with Gasteiger partial charge in [0, 0.05) is 18.8 Å². The van der Waals surface area contributed by atoms with E-state index in [4.69, 9.17) is 23.2 Å². The number of amides is 1. The first-order chi connectivity index (χ1) is 11.5. The first kappa shape index (κ1) is 17.0. The van der Waals surface area contributed by atoms with Gasteiger partial charge in [0.2, 0.25) is 5.95 Å². The quantitative estimate of drug-likeness (QED) is 0.873. The van der Waals surface area contributed by atoms with E-state index in [0.29, 0.717) is 33.1 Å². The summed E-state index contributed by atoms with van der Waals surface area (Å²) >= 11 is 12.3. The summed E-state index contributed by atoms with van der Waals surface area (Å²) in [7, 11) is 0. The summed E-state index contributed by atoms with van der Waals surface area (Å²) in [5.74, 6) is 0.249. The van der Waals surface area contributed by atoms with Crippen LogP contribution in [0.25, 0.3) is 0 Å². The largest absolute Gasteiger partial charge is 0.337 e. The number of carbonyl (C=O) groups excluding carboxylic acids is 1. The Kier molecular flexibility index (Phi) is 5.21. The number of para-hydroxylation sites is 1. The summed E-state index contributed by atoms with van der Waals surface area (Å²) in [5.41, 5.74) is 1.62. The molecule has 1 aromatic carbocycles. The van der Waals surface area contributed by atoms with Gasteiger partial charge in [-0.2, -0.15) is 0 Å². The lowest BCUT2D eigenvalue weighted by Crippen LogP contribution is -2.36. The Balaban J connectivity index is 1.87. The molecule has 0 atom stereocenters. The van der Waals surface area contributed by atoms with Gasteiger partial charge in [-0.05, 0) is 44.4 Å². The van der Waals surface area contributed by atoms with E-state index in [0.717, 1.165) is 25.9 Å². The van der Waals surface area contributed by atoms with Gasteiger partial charge >= 0.3 is 0 Å². The van der Waals surface area contributed by atoms with E-state index >= 15 is 0 Å². The minimum Gasteiger partial charge on any atom is -0.337 e. The first-order valence-corrected chi connectivity index (χ1v) is 8.66. The maximum Gasteiger partial charge on any atom is 0.272 e. The van der Waals surface area contributed by atoms with Crippen LogP contribution < -0.4 is 5.32 Å². The van der Waals surface area contributed by atoms with Crippen molar-refractivity contribution in [3.63, 3.8) is 0 Å². The van der Waals surface area contributed by atoms with Gasteiger partial charge in [-0.25, -0.2) is 9.97 Å². The number of carbonyl (C=O) groups is 1. The lowest BCUT2D eigenvalue weighted by atomic mass is 10.1. The Hall–Kier alpha value is -1.85. The third kappa shape index (κ3) is 3.79. The monoisotopic (exact) mass is 364 g/mol. The molecule has 0 saturated carbocycles. The number of likely N-dealkylation sites (tertiary alicyclic amines) is 1. The summed E-state index contributed by atoms with van der Waals surface area (Å²) in [5, 5.41) is 3.96. The van der Waals surface area contributed by atoms with E-state index in [-0.39, 0.29) is 5.91 Å². The van der Waals surface area contributed by atoms with E-state index in [1.54, 1.807) is 24.3 Å². The molecule has 1 amide bonds. The highest BCUT2D eigenvalue weighted by atomic mass is 35.5. The molecule has 2 aromatic rings. The lowest BCUT2D eigenvalue weighted by molar-refractivity contribution is 0.0718. The number of hydrogen-bond acceptors (Lipinski definition) is 4. The van der Waals surface area contributed by atoms with Crippen LogP contribution in [-0.4, -0.2) is 33.9 Å². The molecule has 7 heteroatoms. The van der Waals surface area contributed by atoms with Crippen LogP contribution in [0.15, 0.2) is 24.3 Å². The van der Waals surface area contributed by atoms with Gasteiger partial charge in [0.05, 0.1) is 15.7 Å². The topological polar surface area (TPSA) is 58.1 Å². The number of rotatable bonds is 3. The molecule has 0 aliphatic carbocycles. The van der Waals surface area contributed by atoms with Gasteiger partial charge < -0.3 is 10.2 Å². The fourth-order valence-electron chi connectivity index (χ4n) is 2.72. The molecule has 3 rings (SSSR count). The standard InChI is InChI=1S/C17H18Cl2N4O/c1-11-10-14(16(24)23-8-3-2-4-9-23)21-17(20-11)22-15-12(18)6-5-7-13(15)19/h5-7,10H,2-4,8-9H2,1H3,(H,20,21,22). The molecule has 24 heavy (non-hydrogen) atoms. The molecule has 1 saturated heterocycles. The molecule has 1 aromatic heterocycles. The van der Waals surface area contributed by atoms with Crippen LogP contribution in [0.3, 0.4) is 0 Å². The highest BCUT2D eigenvalue weighted by Crippen LogP contribution is 2.31. The molecule has 1 aliphatic rings. The van der Waals surface area contributed by atoms with E-state index in [9.17, 15) is 4.79 Å². The molecule has 0 spiro atoms. The number of aryl methyl sites for hydroxylation is 1. The van der Waals surface area contributed by atoms with Crippen molar-refractivity contribution in [2.75, 3.05) is 18.4 Å². The molecule has 1 N–H and O–H groups in total. The number of piperidine rings is 1. The fourth-order valence-corrected chi connectivity index (χ4v) is 3.21. The second kappa shape index (κ2) is 7.36. The molecule has 1 aliphatic heterocycles. The molecule has 5 nitrogen and oxygen atoms in total. The van der Waals surface area contributed by atoms with Crippen molar-refractivity contribution in [3.05, 3.63) is 45.7 Å². The maximum absolute atomic E-state index is 12.6. The number of anilines is 2. The maximum atomic E-state index is 12.6. The summed E-state index contributed by atoms with van der Waals surface area (Å²) in [6.45, 7) is 3.38. The van der Waals surface area contributed by atoms with E-state index < -0.39 is 0 Å². The minimum absolute atomic E-state index is 0.0616. The Bertz CT molecular complexity index is 740. The van der Waals surface area contributed by atoms with Gasteiger partial charge in [-0.1, -0.05) is 29.3 Å². The molecular formula is C17H18Cl2N4O. The van der Waals surface area contributed by atoms with Gasteiger partial charge in [0.25, 0.3) is 5.91 Å². The number of aromatic nitrogens is 2. The average Bonchev–Trinajstić information content (AvgIpc) is 2.58. The Labute approximate surface area is 151 Å². The Morgan fingerprint density at radius 3 is 2.46 bits per heavy atom. The second-order valence-electron chi connectivity index (χ2n) is 5.79. The predicted molar refractivity (Wildman–Crippen MR) is 96.3 cm³/mol. The van der Waals surface area contributed by atoms with Crippen LogP contribution in [0, 0.1) is 6.92 Å². The van der Waals surface area contributed by atoms with Crippen LogP contribution >= 0.6 is 23.2 Å². The zero-order chi connectivity index (χ0) is 17.1. The SMILES string of the molecule is Cc1cc(C(=O)N2CCCCC2)nc(Nc2c(Cl)cccc2Cl)n1. The molecule has 0 bridgehead atoms. The van der Waals surface area contributed by atoms with Crippen LogP contribution in [0.1, 0.15) is 35.4 Å². The van der Waals surface area contributed by atoms with Crippen LogP contribution in [-0.2, 0) is 0 Å². The summed E-state index contributed by atoms with van der Waals surface area (Å²) in [6.07, 6.45) is 3.25. The van der Waals surface area contributed by atoms with E-state index in [2.05, 4.69) is 15.3 Å². The van der Waals surface area contributed by atoms with Crippen molar-refractivity contribution in [2.24, 2.45) is 0 Å². The van der Waals surface area contributed by atoms with Gasteiger partial charge in [0.1, 0.15) is 5.69 Å². The number of nitrogens with zero attached hydrogens (tertiary/aromatic N) is 3. The fraction of sp³-hybridized carbons (Fsp3) is 0.353. The molecule has 0 unspecified atom stereocenters. The predicted octanol–water partition coefficient (Wildman–Crippen LogP) is 4.46. The third-order valence-electron chi connectivity index (χ3n) is 3.92. The number of halogens is 2. The van der Waals surface area contributed by atoms with Crippen LogP contribution in [0.5, 0.6) is 0 Å². The summed E-state index contributed by atoms with van der Waals surface area (Å²) < 4.78 is 0. The van der Waals surface area contributed by atoms with Gasteiger partial charge in [-0.15, -0.1) is 0 Å². The number of benzene rings is 1. The van der Waals surface area contributed by atoms with E-state index in [1.165, 1.54) is 6.42 Å². The normalized spacial score (nSPS) is 14.5. The highest BCUT2D eigenvalue weighted by Gasteiger charge is 2.20. The van der Waals surface area contributed by atoms with Crippen LogP contribution in [0.4, 0.5) is 11.6 Å². The summed E-state index contributed by atoms with van der Waals surface area (Å²) in [4.78, 5) is 23.2. The van der Waals surface area contributed by atoms with Gasteiger partial charge in [-0.3, -0.25) is 4.79 Å². The summed E-state index contributed by atoms with van der Waals surface area (Å²) in [6, 6.07) is 6.92. The zero-order valence-corrected chi connectivity index (χ0v) is 14.9. The van der Waals surface area contributed by atoms with E-state index in [1.807, 2.05) is 11.8 Å². The van der Waals surface area contributed by atoms with Gasteiger partial charge in [0.15, 0.2) is 0 Å². The average molecular weight is 365 g/mol. The van der Waals surface area contributed by atoms with Crippen molar-refractivity contribution in [1.29, 1.82) is 0 Å². The molecule has 126 valence electrons. The van der Waals surface area contributed by atoms with Crippen molar-refractivity contribution in [1.82, 2.24) is 14.9 Å². The van der Waals surface area contributed by atoms with Crippen molar-refractivity contribution in [3.8, 4) is 0 Å². The second-order valence-corrected chi connectivity index (χ2v) is 6.61. The van der Waals surface area contributed by atoms with Crippen LogP contribution in [0.2, 0.25) is 10.0 Å². The highest BCUT2D eigenvalue weighted by molar-refractivity contribution is 6.39. The Morgan fingerprint density at radius 1 is 1.12 bits per heavy atom. The Morgan fingerprint density at radius 2 is 1.79 bits per heavy atom. The minimum atomic E-state index is -0.0616. The third-order valence-corrected chi connectivity index (χ3v) is 4.55. The lowest BCUT2D eigenvalue weighted by Gasteiger charge is -2.26. The smallest absolute Gasteiger partial charge is 0.272 e. The molecule has 1 fully saturated rings. The first-order valence-electron chi connectivity index (χ1n) is 7.90. The number of nitrogens with one attached hydrogen (secondary N) is 1. The number of hydrogen-bond donors (Lipinski definition) is 1.